The van der Waals surface area contributed by atoms with E-state index in [-0.39, 0.29) is 41.8 Å². The van der Waals surface area contributed by atoms with Gasteiger partial charge in [0, 0.05) is 83.0 Å². The molecule has 0 atom stereocenters. The maximum absolute atomic E-state index is 15.4. The highest BCUT2D eigenvalue weighted by Crippen LogP contribution is 2.50. The molecule has 11 heteroatoms. The van der Waals surface area contributed by atoms with Crippen molar-refractivity contribution in [3.05, 3.63) is 83.0 Å². The van der Waals surface area contributed by atoms with Gasteiger partial charge in [-0.25, -0.2) is 9.78 Å². The molecule has 0 N–H and O–H groups in total. The number of anilines is 1. The topological polar surface area (TPSA) is 120 Å². The van der Waals surface area contributed by atoms with Gasteiger partial charge in [-0.1, -0.05) is 149 Å². The Labute approximate surface area is 445 Å². The zero-order valence-electron chi connectivity index (χ0n) is 46.1. The molecule has 1 fully saturated rings. The molecule has 6 aromatic rings. The van der Waals surface area contributed by atoms with Gasteiger partial charge in [0.25, 0.3) is 23.6 Å². The third kappa shape index (κ3) is 10.7. The van der Waals surface area contributed by atoms with E-state index in [2.05, 4.69) is 38.7 Å². The third-order valence-corrected chi connectivity index (χ3v) is 16.4. The molecular weight excluding hydrogens is 935 g/mol. The van der Waals surface area contributed by atoms with Crippen molar-refractivity contribution in [2.24, 2.45) is 0 Å². The molecule has 0 spiro atoms. The third-order valence-electron chi connectivity index (χ3n) is 16.4. The monoisotopic (exact) mass is 1020 g/mol. The molecule has 0 saturated carbocycles. The van der Waals surface area contributed by atoms with Crippen LogP contribution in [0.25, 0.3) is 54.2 Å². The molecule has 75 heavy (non-hydrogen) atoms. The van der Waals surface area contributed by atoms with Gasteiger partial charge in [-0.05, 0) is 121 Å². The number of carbonyl (C=O) groups excluding carboxylic acids is 5. The Kier molecular flexibility index (Phi) is 16.8. The summed E-state index contributed by atoms with van der Waals surface area (Å²) in [6.45, 7) is 16.6. The first-order chi connectivity index (χ1) is 36.3. The van der Waals surface area contributed by atoms with Crippen molar-refractivity contribution in [3.8, 4) is 11.1 Å². The zero-order chi connectivity index (χ0) is 53.0. The molecule has 4 heterocycles. The number of rotatable bonds is 24. The first kappa shape index (κ1) is 53.7. The summed E-state index contributed by atoms with van der Waals surface area (Å²) in [5.74, 6) is -0.177. The van der Waals surface area contributed by atoms with Crippen LogP contribution in [0.15, 0.2) is 60.8 Å². The molecule has 0 bridgehead atoms. The van der Waals surface area contributed by atoms with Crippen molar-refractivity contribution in [1.29, 1.82) is 0 Å². The van der Waals surface area contributed by atoms with Crippen LogP contribution in [0, 0.1) is 0 Å². The minimum absolute atomic E-state index is 0.177. The van der Waals surface area contributed by atoms with Crippen molar-refractivity contribution in [1.82, 2.24) is 19.7 Å². The van der Waals surface area contributed by atoms with Gasteiger partial charge in [0.2, 0.25) is 0 Å². The minimum atomic E-state index is -0.578. The van der Waals surface area contributed by atoms with Crippen molar-refractivity contribution in [2.75, 3.05) is 31.1 Å². The van der Waals surface area contributed by atoms with Gasteiger partial charge in [0.05, 0.1) is 0 Å². The molecule has 0 aliphatic carbocycles. The Morgan fingerprint density at radius 2 is 0.933 bits per heavy atom. The molecule has 3 aliphatic rings. The van der Waals surface area contributed by atoms with Crippen LogP contribution in [0.2, 0.25) is 0 Å². The Balaban J connectivity index is 1.18. The molecule has 1 saturated heterocycles. The zero-order valence-corrected chi connectivity index (χ0v) is 46.1. The van der Waals surface area contributed by atoms with Gasteiger partial charge in [0.1, 0.15) is 11.4 Å². The fraction of sp³-hybridized carbons (Fsp3) is 0.531. The van der Waals surface area contributed by atoms with Gasteiger partial charge in [-0.15, -0.1) is 0 Å². The molecule has 0 unspecified atom stereocenters. The van der Waals surface area contributed by atoms with Crippen LogP contribution >= 0.6 is 0 Å². The first-order valence-electron chi connectivity index (χ1n) is 29.0. The predicted molar refractivity (Wildman–Crippen MR) is 305 cm³/mol. The summed E-state index contributed by atoms with van der Waals surface area (Å²) in [5.41, 5.74) is 3.14. The van der Waals surface area contributed by atoms with Crippen LogP contribution in [0.4, 0.5) is 10.6 Å². The number of fused-ring (bicyclic) bond motifs is 2. The highest BCUT2D eigenvalue weighted by atomic mass is 16.6. The van der Waals surface area contributed by atoms with E-state index in [1.807, 2.05) is 75.5 Å². The molecule has 1 aromatic heterocycles. The maximum Gasteiger partial charge on any atom is 0.410 e. The smallest absolute Gasteiger partial charge is 0.410 e. The van der Waals surface area contributed by atoms with Crippen molar-refractivity contribution < 1.29 is 28.7 Å². The number of piperazine rings is 1. The summed E-state index contributed by atoms with van der Waals surface area (Å²) in [4.78, 5) is 85.8. The van der Waals surface area contributed by atoms with E-state index in [4.69, 9.17) is 9.72 Å². The Bertz CT molecular complexity index is 3010. The summed E-state index contributed by atoms with van der Waals surface area (Å²) in [5, 5.41) is 6.46. The molecule has 3 aliphatic heterocycles. The van der Waals surface area contributed by atoms with Crippen LogP contribution in [0.5, 0.6) is 0 Å². The fourth-order valence-electron chi connectivity index (χ4n) is 12.5. The quantitative estimate of drug-likeness (QED) is 0.0254. The second-order valence-corrected chi connectivity index (χ2v) is 22.9. The predicted octanol–water partition coefficient (Wildman–Crippen LogP) is 15.7. The van der Waals surface area contributed by atoms with E-state index in [0.717, 1.165) is 178 Å². The first-order valence-corrected chi connectivity index (χ1v) is 29.0. The Hall–Kier alpha value is -6.10. The lowest BCUT2D eigenvalue weighted by molar-refractivity contribution is 0.0239. The van der Waals surface area contributed by atoms with E-state index in [1.54, 1.807) is 14.7 Å². The number of hydrogen-bond acceptors (Lipinski definition) is 8. The van der Waals surface area contributed by atoms with Gasteiger partial charge >= 0.3 is 6.09 Å². The van der Waals surface area contributed by atoms with Crippen molar-refractivity contribution >= 4 is 78.6 Å². The summed E-state index contributed by atoms with van der Waals surface area (Å²) >= 11 is 0. The van der Waals surface area contributed by atoms with Crippen LogP contribution < -0.4 is 4.90 Å². The molecule has 398 valence electrons. The standard InChI is InChI=1S/C64H81N5O6/c1-8-12-16-20-24-43(25-21-17-13-9-2)68-59(70)48-32-29-45-46-30-33-50-57-52(62(73)69(61(50)72)44(26-22-18-14-10-3)27-23-19-15-11-4)40-51(55(58(46)57)47-31-34-49(60(68)71)56(48)54(45)47)42-28-35-53(65-41-42)66-36-38-67(39-37-66)63(74)75-64(5,6)7/h28-35,40-41,43-44H,8-27,36-39H2,1-7H3. The minimum Gasteiger partial charge on any atom is -0.444 e. The number of carbonyl (C=O) groups is 5. The van der Waals surface area contributed by atoms with Crippen molar-refractivity contribution in [2.45, 2.75) is 195 Å². The summed E-state index contributed by atoms with van der Waals surface area (Å²) < 4.78 is 5.66. The second kappa shape index (κ2) is 23.4. The lowest BCUT2D eigenvalue weighted by Gasteiger charge is -2.36. The lowest BCUT2D eigenvalue weighted by atomic mass is 9.79. The van der Waals surface area contributed by atoms with E-state index in [1.165, 1.54) is 0 Å². The normalized spacial score (nSPS) is 15.2. The highest BCUT2D eigenvalue weighted by Gasteiger charge is 2.41. The summed E-state index contributed by atoms with van der Waals surface area (Å²) in [7, 11) is 0. The van der Waals surface area contributed by atoms with Gasteiger partial charge < -0.3 is 14.5 Å². The molecule has 5 amide bonds. The average molecular weight is 1020 g/mol. The van der Waals surface area contributed by atoms with Crippen LogP contribution in [-0.4, -0.2) is 93.3 Å². The van der Waals surface area contributed by atoms with Gasteiger partial charge in [0.15, 0.2) is 0 Å². The van der Waals surface area contributed by atoms with Gasteiger partial charge in [-0.3, -0.25) is 29.0 Å². The number of aromatic nitrogens is 1. The summed E-state index contributed by atoms with van der Waals surface area (Å²) in [6, 6.07) is 17.5. The Morgan fingerprint density at radius 3 is 1.37 bits per heavy atom. The number of ether oxygens (including phenoxy) is 1. The number of benzene rings is 5. The molecular formula is C64H81N5O6. The number of imide groups is 2. The summed E-state index contributed by atoms with van der Waals surface area (Å²) in [6.07, 6.45) is 21.8. The number of nitrogens with zero attached hydrogens (tertiary/aromatic N) is 5. The highest BCUT2D eigenvalue weighted by molar-refractivity contribution is 6.43. The Morgan fingerprint density at radius 1 is 0.493 bits per heavy atom. The largest absolute Gasteiger partial charge is 0.444 e. The number of hydrogen-bond donors (Lipinski definition) is 0. The van der Waals surface area contributed by atoms with E-state index in [9.17, 15) is 4.79 Å². The van der Waals surface area contributed by atoms with E-state index < -0.39 is 5.60 Å². The SMILES string of the molecule is CCCCCCC(CCCCCC)N1C(=O)c2ccc3c4ccc5c6c(cc(-c7ccc(N8CCN(C(=O)OC(C)(C)C)CC8)nc7)c(c7ccc(c2c37)C1=O)c64)C(=O)N(C(CCCCCC)CCCCCC)C5=O. The second-order valence-electron chi connectivity index (χ2n) is 22.9. The molecule has 9 rings (SSSR count). The number of amides is 5. The van der Waals surface area contributed by atoms with E-state index >= 15 is 19.2 Å². The fourth-order valence-corrected chi connectivity index (χ4v) is 12.5. The van der Waals surface area contributed by atoms with Gasteiger partial charge in [-0.2, -0.15) is 0 Å². The molecule has 0 radical (unpaired) electrons. The number of pyridine rings is 1. The van der Waals surface area contributed by atoms with Crippen molar-refractivity contribution in [3.63, 3.8) is 0 Å². The van der Waals surface area contributed by atoms with Crippen LogP contribution in [-0.2, 0) is 4.74 Å². The van der Waals surface area contributed by atoms with E-state index in [0.29, 0.717) is 59.2 Å². The molecule has 5 aromatic carbocycles. The average Bonchev–Trinajstić information content (AvgIpc) is 3.48. The van der Waals surface area contributed by atoms with Crippen LogP contribution in [0.1, 0.15) is 218 Å². The maximum atomic E-state index is 15.4. The number of unbranched alkanes of at least 4 members (excludes halogenated alkanes) is 12. The lowest BCUT2D eigenvalue weighted by Crippen LogP contribution is -2.50. The molecule has 11 nitrogen and oxygen atoms in total. The van der Waals surface area contributed by atoms with Crippen LogP contribution in [0.3, 0.4) is 0 Å².